The molecule has 3 aliphatic rings. The fourth-order valence-electron chi connectivity index (χ4n) is 5.30. The van der Waals surface area contributed by atoms with Gasteiger partial charge in [-0.3, -0.25) is 4.99 Å². The number of pyridine rings is 1. The Bertz CT molecular complexity index is 668. The van der Waals surface area contributed by atoms with E-state index in [-0.39, 0.29) is 0 Å². The smallest absolute Gasteiger partial charge is 0.191 e. The van der Waals surface area contributed by atoms with Crippen LogP contribution in [0.15, 0.2) is 23.3 Å². The van der Waals surface area contributed by atoms with E-state index in [2.05, 4.69) is 42.5 Å². The third-order valence-corrected chi connectivity index (χ3v) is 7.14. The average Bonchev–Trinajstić information content (AvgIpc) is 3.19. The van der Waals surface area contributed by atoms with Crippen molar-refractivity contribution in [2.75, 3.05) is 38.1 Å². The number of aliphatic imine (C=N–C) groups is 1. The number of anilines is 1. The average molecular weight is 413 g/mol. The molecule has 0 spiro atoms. The molecule has 1 aliphatic carbocycles. The van der Waals surface area contributed by atoms with E-state index in [4.69, 9.17) is 0 Å². The molecule has 1 aromatic heterocycles. The first-order valence-corrected chi connectivity index (χ1v) is 12.2. The number of likely N-dealkylation sites (tertiary alicyclic amines) is 1. The molecule has 2 saturated heterocycles. The molecule has 0 unspecified atom stereocenters. The molecule has 166 valence electrons. The summed E-state index contributed by atoms with van der Waals surface area (Å²) in [5, 5.41) is 7.18. The van der Waals surface area contributed by atoms with Gasteiger partial charge in [-0.2, -0.15) is 0 Å². The molecular weight excluding hydrogens is 372 g/mol. The van der Waals surface area contributed by atoms with E-state index in [1.54, 1.807) is 0 Å². The summed E-state index contributed by atoms with van der Waals surface area (Å²) in [6, 6.07) is 5.74. The first-order chi connectivity index (χ1) is 14.8. The molecular formula is C24H40N6. The zero-order valence-electron chi connectivity index (χ0n) is 18.8. The van der Waals surface area contributed by atoms with E-state index >= 15 is 0 Å². The number of hydrogen-bond acceptors (Lipinski definition) is 4. The highest BCUT2D eigenvalue weighted by atomic mass is 15.2. The van der Waals surface area contributed by atoms with Crippen LogP contribution in [0.1, 0.15) is 69.8 Å². The van der Waals surface area contributed by atoms with Gasteiger partial charge in [-0.05, 0) is 56.2 Å². The Hall–Kier alpha value is -1.82. The van der Waals surface area contributed by atoms with Crippen LogP contribution in [0.2, 0.25) is 0 Å². The van der Waals surface area contributed by atoms with E-state index in [1.165, 1.54) is 82.9 Å². The summed E-state index contributed by atoms with van der Waals surface area (Å²) in [4.78, 5) is 14.3. The molecule has 30 heavy (non-hydrogen) atoms. The third kappa shape index (κ3) is 5.87. The minimum Gasteiger partial charge on any atom is -0.357 e. The van der Waals surface area contributed by atoms with Crippen LogP contribution < -0.4 is 15.5 Å². The predicted molar refractivity (Wildman–Crippen MR) is 125 cm³/mol. The zero-order valence-corrected chi connectivity index (χ0v) is 18.8. The van der Waals surface area contributed by atoms with Gasteiger partial charge in [-0.25, -0.2) is 4.98 Å². The second-order valence-electron chi connectivity index (χ2n) is 9.24. The number of piperidine rings is 1. The summed E-state index contributed by atoms with van der Waals surface area (Å²) in [5.74, 6) is 2.04. The van der Waals surface area contributed by atoms with Crippen molar-refractivity contribution < 1.29 is 0 Å². The molecule has 0 bridgehead atoms. The van der Waals surface area contributed by atoms with Crippen LogP contribution in [0.25, 0.3) is 0 Å². The van der Waals surface area contributed by atoms with Gasteiger partial charge in [0.1, 0.15) is 5.82 Å². The molecule has 0 radical (unpaired) electrons. The number of hydrogen-bond donors (Lipinski definition) is 2. The van der Waals surface area contributed by atoms with Crippen molar-refractivity contribution in [2.24, 2.45) is 4.99 Å². The molecule has 1 aromatic rings. The number of nitrogens with one attached hydrogen (secondary N) is 2. The highest BCUT2D eigenvalue weighted by Crippen LogP contribution is 2.26. The van der Waals surface area contributed by atoms with Crippen molar-refractivity contribution in [3.8, 4) is 0 Å². The normalized spacial score (nSPS) is 22.8. The summed E-state index contributed by atoms with van der Waals surface area (Å²) < 4.78 is 0. The summed E-state index contributed by atoms with van der Waals surface area (Å²) in [6.07, 6.45) is 15.3. The largest absolute Gasteiger partial charge is 0.357 e. The molecule has 2 N–H and O–H groups in total. The van der Waals surface area contributed by atoms with Gasteiger partial charge in [0, 0.05) is 58.1 Å². The van der Waals surface area contributed by atoms with E-state index < -0.39 is 0 Å². The maximum atomic E-state index is 4.63. The zero-order chi connectivity index (χ0) is 20.6. The van der Waals surface area contributed by atoms with Gasteiger partial charge in [0.05, 0.1) is 0 Å². The molecule has 3 heterocycles. The first-order valence-electron chi connectivity index (χ1n) is 12.2. The maximum Gasteiger partial charge on any atom is 0.191 e. The standard InChI is InChI=1S/C24H40N6/c1-25-24(28-21-11-16-29(17-12-21)22-8-4-5-9-22)27-19-20-10-13-26-23(18-20)30-14-6-2-3-7-15-30/h10,13,18,21-22H,2-9,11-12,14-17,19H2,1H3,(H2,25,27,28). The quantitative estimate of drug-likeness (QED) is 0.572. The van der Waals surface area contributed by atoms with Gasteiger partial charge in [0.25, 0.3) is 0 Å². The molecule has 6 heteroatoms. The number of guanidine groups is 1. The molecule has 6 nitrogen and oxygen atoms in total. The number of rotatable bonds is 5. The van der Waals surface area contributed by atoms with Crippen molar-refractivity contribution >= 4 is 11.8 Å². The van der Waals surface area contributed by atoms with Crippen LogP contribution >= 0.6 is 0 Å². The number of nitrogens with zero attached hydrogens (tertiary/aromatic N) is 4. The van der Waals surface area contributed by atoms with Crippen LogP contribution in [0, 0.1) is 0 Å². The molecule has 4 rings (SSSR count). The minimum atomic E-state index is 0.527. The predicted octanol–water partition coefficient (Wildman–Crippen LogP) is 3.53. The Morgan fingerprint density at radius 3 is 2.43 bits per heavy atom. The van der Waals surface area contributed by atoms with Crippen LogP contribution in [0.3, 0.4) is 0 Å². The van der Waals surface area contributed by atoms with Gasteiger partial charge in [0.15, 0.2) is 5.96 Å². The first kappa shape index (κ1) is 21.4. The fourth-order valence-corrected chi connectivity index (χ4v) is 5.30. The Morgan fingerprint density at radius 1 is 1.00 bits per heavy atom. The van der Waals surface area contributed by atoms with Crippen LogP contribution in [-0.4, -0.2) is 61.2 Å². The van der Waals surface area contributed by atoms with E-state index in [1.807, 2.05) is 13.2 Å². The summed E-state index contributed by atoms with van der Waals surface area (Å²) in [6.45, 7) is 5.50. The molecule has 3 fully saturated rings. The lowest BCUT2D eigenvalue weighted by molar-refractivity contribution is 0.150. The van der Waals surface area contributed by atoms with Crippen molar-refractivity contribution in [2.45, 2.75) is 82.8 Å². The SMILES string of the molecule is CN=C(NCc1ccnc(N2CCCCCC2)c1)NC1CCN(C2CCCC2)CC1. The summed E-state index contributed by atoms with van der Waals surface area (Å²) in [7, 11) is 1.87. The van der Waals surface area contributed by atoms with Gasteiger partial charge < -0.3 is 20.4 Å². The molecule has 2 aliphatic heterocycles. The lowest BCUT2D eigenvalue weighted by atomic mass is 10.0. The van der Waals surface area contributed by atoms with Gasteiger partial charge >= 0.3 is 0 Å². The summed E-state index contributed by atoms with van der Waals surface area (Å²) >= 11 is 0. The minimum absolute atomic E-state index is 0.527. The lowest BCUT2D eigenvalue weighted by Crippen LogP contribution is -2.50. The van der Waals surface area contributed by atoms with Crippen molar-refractivity contribution in [3.05, 3.63) is 23.9 Å². The molecule has 1 saturated carbocycles. The van der Waals surface area contributed by atoms with Crippen molar-refractivity contribution in [1.82, 2.24) is 20.5 Å². The van der Waals surface area contributed by atoms with Gasteiger partial charge in [-0.1, -0.05) is 25.7 Å². The highest BCUT2D eigenvalue weighted by Gasteiger charge is 2.27. The highest BCUT2D eigenvalue weighted by molar-refractivity contribution is 5.80. The second kappa shape index (κ2) is 11.0. The fraction of sp³-hybridized carbons (Fsp3) is 0.750. The van der Waals surface area contributed by atoms with Gasteiger partial charge in [0.2, 0.25) is 0 Å². The molecule has 0 atom stereocenters. The second-order valence-corrected chi connectivity index (χ2v) is 9.24. The number of aromatic nitrogens is 1. The van der Waals surface area contributed by atoms with E-state index in [0.29, 0.717) is 6.04 Å². The molecule has 0 aromatic carbocycles. The van der Waals surface area contributed by atoms with E-state index in [0.717, 1.165) is 37.5 Å². The van der Waals surface area contributed by atoms with E-state index in [9.17, 15) is 0 Å². The lowest BCUT2D eigenvalue weighted by Gasteiger charge is -2.36. The van der Waals surface area contributed by atoms with Gasteiger partial charge in [-0.15, -0.1) is 0 Å². The van der Waals surface area contributed by atoms with Crippen molar-refractivity contribution in [1.29, 1.82) is 0 Å². The Morgan fingerprint density at radius 2 is 1.73 bits per heavy atom. The third-order valence-electron chi connectivity index (χ3n) is 7.14. The Labute approximate surface area is 182 Å². The van der Waals surface area contributed by atoms with Crippen LogP contribution in [-0.2, 0) is 6.54 Å². The monoisotopic (exact) mass is 412 g/mol. The van der Waals surface area contributed by atoms with Crippen LogP contribution in [0.5, 0.6) is 0 Å². The topological polar surface area (TPSA) is 55.8 Å². The Balaban J connectivity index is 1.24. The van der Waals surface area contributed by atoms with Crippen LogP contribution in [0.4, 0.5) is 5.82 Å². The summed E-state index contributed by atoms with van der Waals surface area (Å²) in [5.41, 5.74) is 1.27. The maximum absolute atomic E-state index is 4.63. The molecule has 0 amide bonds. The Kier molecular flexibility index (Phi) is 7.84. The van der Waals surface area contributed by atoms with Crippen molar-refractivity contribution in [3.63, 3.8) is 0 Å².